The molecule has 230 valence electrons. The third kappa shape index (κ3) is 6.23. The zero-order valence-corrected chi connectivity index (χ0v) is 27.0. The monoisotopic (exact) mass is 627 g/mol. The molecule has 43 heavy (non-hydrogen) atoms. The van der Waals surface area contributed by atoms with E-state index < -0.39 is 29.8 Å². The van der Waals surface area contributed by atoms with Crippen LogP contribution >= 0.6 is 0 Å². The number of nitrogens with one attached hydrogen (secondary N) is 1. The molecule has 0 spiro atoms. The van der Waals surface area contributed by atoms with Crippen LogP contribution < -0.4 is 11.1 Å². The summed E-state index contributed by atoms with van der Waals surface area (Å²) >= 11 is 0. The Hall–Kier alpha value is -3.59. The molecule has 0 fully saturated rings. The highest BCUT2D eigenvalue weighted by molar-refractivity contribution is 7.89. The number of fused-ring (bicyclic) bond motifs is 2. The predicted octanol–water partition coefficient (Wildman–Crippen LogP) is 3.79. The number of ether oxygens (including phenoxy) is 1. The van der Waals surface area contributed by atoms with Crippen molar-refractivity contribution in [3.05, 3.63) is 70.7 Å². The topological polar surface area (TPSA) is 137 Å². The van der Waals surface area contributed by atoms with E-state index in [9.17, 15) is 17.6 Å². The fraction of sp³-hybridized carbons (Fsp3) is 0.414. The number of pyridine rings is 1. The van der Waals surface area contributed by atoms with Crippen molar-refractivity contribution in [1.29, 1.82) is 0 Å². The van der Waals surface area contributed by atoms with Crippen LogP contribution in [0.15, 0.2) is 41.6 Å². The second-order valence-corrected chi connectivity index (χ2v) is 19.6. The van der Waals surface area contributed by atoms with Gasteiger partial charge in [0, 0.05) is 81.9 Å². The molecule has 0 aliphatic carbocycles. The number of benzene rings is 1. The molecule has 11 nitrogen and oxygen atoms in total. The molecule has 1 aliphatic rings. The number of anilines is 1. The average molecular weight is 628 g/mol. The molecule has 0 unspecified atom stereocenters. The highest BCUT2D eigenvalue weighted by Gasteiger charge is 2.33. The lowest BCUT2D eigenvalue weighted by atomic mass is 10.1. The van der Waals surface area contributed by atoms with Crippen LogP contribution in [0.1, 0.15) is 33.0 Å². The third-order valence-electron chi connectivity index (χ3n) is 7.93. The predicted molar refractivity (Wildman–Crippen MR) is 165 cm³/mol. The third-order valence-corrected chi connectivity index (χ3v) is 11.6. The maximum Gasteiger partial charge on any atom is 0.268 e. The quantitative estimate of drug-likeness (QED) is 0.155. The Labute approximate surface area is 251 Å². The van der Waals surface area contributed by atoms with Gasteiger partial charge in [-0.25, -0.2) is 17.5 Å². The van der Waals surface area contributed by atoms with E-state index in [4.69, 9.17) is 10.5 Å². The van der Waals surface area contributed by atoms with Crippen molar-refractivity contribution in [2.45, 2.75) is 63.7 Å². The summed E-state index contributed by atoms with van der Waals surface area (Å²) in [4.78, 5) is 17.5. The summed E-state index contributed by atoms with van der Waals surface area (Å²) in [6, 6.07) is 6.98. The lowest BCUT2D eigenvalue weighted by Crippen LogP contribution is -2.36. The van der Waals surface area contributed by atoms with Crippen LogP contribution in [0.25, 0.3) is 10.9 Å². The number of aromatic nitrogens is 4. The van der Waals surface area contributed by atoms with Crippen LogP contribution in [0.5, 0.6) is 0 Å². The number of halogens is 1. The maximum atomic E-state index is 14.8. The summed E-state index contributed by atoms with van der Waals surface area (Å²) in [5, 5.41) is 7.67. The Morgan fingerprint density at radius 1 is 1.26 bits per heavy atom. The number of hydrogen-bond acceptors (Lipinski definition) is 7. The lowest BCUT2D eigenvalue weighted by molar-refractivity contribution is 0.0759. The van der Waals surface area contributed by atoms with E-state index in [1.165, 1.54) is 21.0 Å². The van der Waals surface area contributed by atoms with E-state index in [-0.39, 0.29) is 41.5 Å². The van der Waals surface area contributed by atoms with Crippen molar-refractivity contribution in [3.63, 3.8) is 0 Å². The Kier molecular flexibility index (Phi) is 8.49. The van der Waals surface area contributed by atoms with Crippen LogP contribution in [-0.2, 0) is 48.0 Å². The number of amides is 1. The number of carbonyl (C=O) groups is 1. The van der Waals surface area contributed by atoms with Gasteiger partial charge in [-0.15, -0.1) is 0 Å². The molecule has 0 radical (unpaired) electrons. The molecule has 1 aliphatic heterocycles. The van der Waals surface area contributed by atoms with Gasteiger partial charge < -0.3 is 20.4 Å². The first-order valence-electron chi connectivity index (χ1n) is 14.2. The minimum Gasteiger partial charge on any atom is -0.397 e. The van der Waals surface area contributed by atoms with Gasteiger partial charge in [0.15, 0.2) is 0 Å². The second kappa shape index (κ2) is 11.8. The number of nitrogen functional groups attached to an aromatic ring is 1. The van der Waals surface area contributed by atoms with Gasteiger partial charge in [0.2, 0.25) is 10.0 Å². The van der Waals surface area contributed by atoms with Crippen LogP contribution in [0.3, 0.4) is 0 Å². The lowest BCUT2D eigenvalue weighted by Gasteiger charge is -2.26. The van der Waals surface area contributed by atoms with Crippen molar-refractivity contribution < 1.29 is 22.3 Å². The first-order valence-corrected chi connectivity index (χ1v) is 19.3. The molecule has 4 aromatic rings. The largest absolute Gasteiger partial charge is 0.397 e. The second-order valence-electron chi connectivity index (χ2n) is 12.1. The van der Waals surface area contributed by atoms with Crippen LogP contribution in [0, 0.1) is 12.7 Å². The summed E-state index contributed by atoms with van der Waals surface area (Å²) in [5.74, 6) is -1.09. The molecular formula is C29H38FN7O4SSi. The van der Waals surface area contributed by atoms with Gasteiger partial charge in [0.1, 0.15) is 23.1 Å². The van der Waals surface area contributed by atoms with Crippen molar-refractivity contribution >= 4 is 40.6 Å². The first-order chi connectivity index (χ1) is 20.3. The molecule has 1 amide bonds. The Morgan fingerprint density at radius 3 is 2.77 bits per heavy atom. The van der Waals surface area contributed by atoms with Crippen LogP contribution in [0.2, 0.25) is 25.7 Å². The minimum absolute atomic E-state index is 0.0546. The van der Waals surface area contributed by atoms with E-state index in [1.54, 1.807) is 38.5 Å². The smallest absolute Gasteiger partial charge is 0.268 e. The van der Waals surface area contributed by atoms with Crippen LogP contribution in [-0.4, -0.2) is 59.2 Å². The van der Waals surface area contributed by atoms with E-state index in [1.807, 2.05) is 4.68 Å². The fourth-order valence-electron chi connectivity index (χ4n) is 5.24. The molecule has 14 heteroatoms. The van der Waals surface area contributed by atoms with E-state index in [2.05, 4.69) is 35.0 Å². The zero-order valence-electron chi connectivity index (χ0n) is 25.1. The molecule has 5 rings (SSSR count). The van der Waals surface area contributed by atoms with E-state index >= 15 is 0 Å². The van der Waals surface area contributed by atoms with Gasteiger partial charge in [-0.2, -0.15) is 9.40 Å². The molecule has 3 aromatic heterocycles. The Bertz CT molecular complexity index is 1800. The van der Waals surface area contributed by atoms with Gasteiger partial charge in [-0.3, -0.25) is 9.78 Å². The Morgan fingerprint density at radius 2 is 2.02 bits per heavy atom. The normalized spacial score (nSPS) is 14.3. The Balaban J connectivity index is 1.30. The molecule has 0 saturated heterocycles. The summed E-state index contributed by atoms with van der Waals surface area (Å²) in [6.45, 7) is 9.91. The van der Waals surface area contributed by atoms with Crippen molar-refractivity contribution in [2.75, 3.05) is 18.9 Å². The maximum absolute atomic E-state index is 14.8. The number of nitrogens with zero attached hydrogens (tertiary/aromatic N) is 5. The molecule has 4 heterocycles. The first kappa shape index (κ1) is 30.9. The SMILES string of the molecule is Cc1c(S(=O)(=O)N2CCc3c(cnn3COCC[Si](C)(C)C)C2)cc(C(=O)NCc2c(F)cc(N)c3ncccc23)n1C. The summed E-state index contributed by atoms with van der Waals surface area (Å²) in [5.41, 5.74) is 9.20. The number of hydrogen-bond donors (Lipinski definition) is 2. The molecular weight excluding hydrogens is 590 g/mol. The molecule has 0 saturated carbocycles. The number of sulfonamides is 1. The molecule has 1 aromatic carbocycles. The van der Waals surface area contributed by atoms with Gasteiger partial charge >= 0.3 is 0 Å². The molecule has 0 bridgehead atoms. The van der Waals surface area contributed by atoms with Gasteiger partial charge in [0.05, 0.1) is 17.4 Å². The van der Waals surface area contributed by atoms with Crippen LogP contribution in [0.4, 0.5) is 10.1 Å². The standard InChI is InChI=1S/C29H38FN7O4SSi/c1-19-27(42(39,40)36-10-8-25-20(17-36)15-34-37(25)18-41-11-12-43(3,4)5)14-26(35(19)2)29(38)33-16-22-21-7-6-9-32-28(21)24(31)13-23(22)30/h6-7,9,13-15H,8,10-12,16-18,31H2,1-5H3,(H,33,38). The highest BCUT2D eigenvalue weighted by Crippen LogP contribution is 2.29. The highest BCUT2D eigenvalue weighted by atomic mass is 32.2. The summed E-state index contributed by atoms with van der Waals surface area (Å²) < 4.78 is 53.0. The number of carbonyl (C=O) groups excluding carboxylic acids is 1. The molecule has 0 atom stereocenters. The van der Waals surface area contributed by atoms with Gasteiger partial charge in [0.25, 0.3) is 5.91 Å². The van der Waals surface area contributed by atoms with Gasteiger partial charge in [-0.05, 0) is 31.2 Å². The number of rotatable bonds is 10. The van der Waals surface area contributed by atoms with Crippen molar-refractivity contribution in [3.8, 4) is 0 Å². The summed E-state index contributed by atoms with van der Waals surface area (Å²) in [6.07, 6.45) is 3.76. The van der Waals surface area contributed by atoms with Crippen molar-refractivity contribution in [2.24, 2.45) is 7.05 Å². The molecule has 3 N–H and O–H groups in total. The number of nitrogens with two attached hydrogens (primary N) is 1. The van der Waals surface area contributed by atoms with Gasteiger partial charge in [-0.1, -0.05) is 25.7 Å². The summed E-state index contributed by atoms with van der Waals surface area (Å²) in [7, 11) is -3.48. The van der Waals surface area contributed by atoms with Crippen molar-refractivity contribution in [1.82, 2.24) is 29.0 Å². The van der Waals surface area contributed by atoms with E-state index in [0.29, 0.717) is 36.4 Å². The fourth-order valence-corrected chi connectivity index (χ4v) is 7.69. The minimum atomic E-state index is -3.92. The average Bonchev–Trinajstić information content (AvgIpc) is 3.50. The zero-order chi connectivity index (χ0) is 31.1. The van der Waals surface area contributed by atoms with E-state index in [0.717, 1.165) is 17.3 Å².